The molecule has 0 spiro atoms. The second-order valence-electron chi connectivity index (χ2n) is 6.57. The maximum Gasteiger partial charge on any atom is 0.326 e. The highest BCUT2D eigenvalue weighted by molar-refractivity contribution is 6.00. The predicted molar refractivity (Wildman–Crippen MR) is 101 cm³/mol. The molecule has 0 fully saturated rings. The van der Waals surface area contributed by atoms with Gasteiger partial charge in [0.25, 0.3) is 11.8 Å². The van der Waals surface area contributed by atoms with Crippen LogP contribution >= 0.6 is 0 Å². The normalized spacial score (nSPS) is 16.4. The molecular formula is C21H22N2O4. The van der Waals surface area contributed by atoms with Gasteiger partial charge >= 0.3 is 5.97 Å². The van der Waals surface area contributed by atoms with Crippen molar-refractivity contribution in [3.63, 3.8) is 0 Å². The molecule has 1 N–H and O–H groups in total. The van der Waals surface area contributed by atoms with Crippen LogP contribution in [0.3, 0.4) is 0 Å². The number of nitrogens with zero attached hydrogens (tertiary/aromatic N) is 1. The van der Waals surface area contributed by atoms with Gasteiger partial charge in [0.2, 0.25) is 0 Å². The summed E-state index contributed by atoms with van der Waals surface area (Å²) < 4.78 is 5.23. The van der Waals surface area contributed by atoms with Gasteiger partial charge in [-0.3, -0.25) is 14.4 Å². The van der Waals surface area contributed by atoms with Crippen molar-refractivity contribution < 1.29 is 19.1 Å². The number of nitrogens with one attached hydrogen (secondary N) is 1. The van der Waals surface area contributed by atoms with Crippen molar-refractivity contribution in [2.24, 2.45) is 0 Å². The maximum atomic E-state index is 12.8. The summed E-state index contributed by atoms with van der Waals surface area (Å²) in [5.41, 5.74) is 2.42. The van der Waals surface area contributed by atoms with Gasteiger partial charge in [-0.2, -0.15) is 0 Å². The molecular weight excluding hydrogens is 344 g/mol. The van der Waals surface area contributed by atoms with Crippen LogP contribution in [0.1, 0.15) is 29.8 Å². The highest BCUT2D eigenvalue weighted by Gasteiger charge is 2.34. The van der Waals surface area contributed by atoms with Crippen molar-refractivity contribution >= 4 is 23.5 Å². The average Bonchev–Trinajstić information content (AvgIpc) is 3.01. The van der Waals surface area contributed by atoms with Crippen LogP contribution in [0.4, 0.5) is 5.69 Å². The van der Waals surface area contributed by atoms with Crippen molar-refractivity contribution in [3.8, 4) is 0 Å². The molecule has 3 rings (SSSR count). The van der Waals surface area contributed by atoms with Crippen molar-refractivity contribution in [2.45, 2.75) is 32.4 Å². The number of para-hydroxylation sites is 1. The number of carbonyl (C=O) groups is 3. The minimum atomic E-state index is -0.931. The molecule has 0 aliphatic carbocycles. The zero-order valence-electron chi connectivity index (χ0n) is 15.3. The van der Waals surface area contributed by atoms with Crippen LogP contribution in [0.5, 0.6) is 0 Å². The first-order valence-electron chi connectivity index (χ1n) is 8.91. The van der Waals surface area contributed by atoms with E-state index in [4.69, 9.17) is 4.74 Å². The van der Waals surface area contributed by atoms with Gasteiger partial charge in [-0.25, -0.2) is 0 Å². The number of amides is 2. The molecule has 0 unspecified atom stereocenters. The first-order valence-corrected chi connectivity index (χ1v) is 8.91. The van der Waals surface area contributed by atoms with Gasteiger partial charge in [-0.1, -0.05) is 36.4 Å². The summed E-state index contributed by atoms with van der Waals surface area (Å²) in [4.78, 5) is 38.4. The molecule has 0 radical (unpaired) electrons. The molecule has 2 amide bonds. The van der Waals surface area contributed by atoms with E-state index in [-0.39, 0.29) is 24.4 Å². The van der Waals surface area contributed by atoms with Crippen molar-refractivity contribution in [1.82, 2.24) is 5.32 Å². The molecule has 1 aliphatic rings. The standard InChI is InChI=1S/C21H22N2O4/c1-14-12-17-10-6-7-11-18(17)23(14)21(26)15(2)27-19(24)13-22-20(25)16-8-4-3-5-9-16/h3-11,14-15H,12-13H2,1-2H3,(H,22,25)/t14-,15-/m1/s1. The highest BCUT2D eigenvalue weighted by atomic mass is 16.5. The lowest BCUT2D eigenvalue weighted by Crippen LogP contribution is -2.44. The Balaban J connectivity index is 1.55. The average molecular weight is 366 g/mol. The van der Waals surface area contributed by atoms with E-state index in [9.17, 15) is 14.4 Å². The molecule has 0 saturated heterocycles. The number of benzene rings is 2. The zero-order valence-corrected chi connectivity index (χ0v) is 15.3. The number of hydrogen-bond acceptors (Lipinski definition) is 4. The molecule has 1 heterocycles. The number of hydrogen-bond donors (Lipinski definition) is 1. The van der Waals surface area contributed by atoms with Crippen molar-refractivity contribution in [2.75, 3.05) is 11.4 Å². The maximum absolute atomic E-state index is 12.8. The Bertz CT molecular complexity index is 850. The zero-order chi connectivity index (χ0) is 19.4. The van der Waals surface area contributed by atoms with Gasteiger partial charge < -0.3 is 15.0 Å². The summed E-state index contributed by atoms with van der Waals surface area (Å²) in [5.74, 6) is -1.29. The van der Waals surface area contributed by atoms with Crippen LogP contribution in [0.2, 0.25) is 0 Å². The predicted octanol–water partition coefficient (Wildman–Crippen LogP) is 2.33. The van der Waals surface area contributed by atoms with Crippen LogP contribution in [-0.2, 0) is 20.7 Å². The number of fused-ring (bicyclic) bond motifs is 1. The number of anilines is 1. The number of carbonyl (C=O) groups excluding carboxylic acids is 3. The van der Waals surface area contributed by atoms with Crippen LogP contribution in [0.25, 0.3) is 0 Å². The van der Waals surface area contributed by atoms with Gasteiger partial charge in [-0.05, 0) is 44.0 Å². The minimum Gasteiger partial charge on any atom is -0.451 e. The lowest BCUT2D eigenvalue weighted by Gasteiger charge is -2.25. The Morgan fingerprint density at radius 1 is 1.11 bits per heavy atom. The summed E-state index contributed by atoms with van der Waals surface area (Å²) in [6.07, 6.45) is -0.157. The Hall–Kier alpha value is -3.15. The number of esters is 1. The van der Waals surface area contributed by atoms with Crippen molar-refractivity contribution in [1.29, 1.82) is 0 Å². The SMILES string of the molecule is C[C@@H]1Cc2ccccc2N1C(=O)[C@@H](C)OC(=O)CNC(=O)c1ccccc1. The molecule has 6 nitrogen and oxygen atoms in total. The molecule has 2 atom stereocenters. The topological polar surface area (TPSA) is 75.7 Å². The first-order chi connectivity index (χ1) is 13.0. The van der Waals surface area contributed by atoms with Crippen LogP contribution in [0.15, 0.2) is 54.6 Å². The van der Waals surface area contributed by atoms with Crippen LogP contribution in [-0.4, -0.2) is 36.5 Å². The molecule has 2 aromatic rings. The third-order valence-electron chi connectivity index (χ3n) is 4.53. The molecule has 140 valence electrons. The van der Waals surface area contributed by atoms with Gasteiger partial charge in [-0.15, -0.1) is 0 Å². The molecule has 6 heteroatoms. The molecule has 0 bridgehead atoms. The van der Waals surface area contributed by atoms with E-state index in [1.54, 1.807) is 42.2 Å². The first kappa shape index (κ1) is 18.6. The monoisotopic (exact) mass is 366 g/mol. The molecule has 2 aromatic carbocycles. The Labute approximate surface area is 158 Å². The molecule has 0 aromatic heterocycles. The van der Waals surface area contributed by atoms with E-state index >= 15 is 0 Å². The summed E-state index contributed by atoms with van der Waals surface area (Å²) in [6, 6.07) is 16.3. The van der Waals surface area contributed by atoms with E-state index in [0.717, 1.165) is 17.7 Å². The molecule has 1 aliphatic heterocycles. The van der Waals surface area contributed by atoms with E-state index in [1.165, 1.54) is 0 Å². The quantitative estimate of drug-likeness (QED) is 0.824. The Kier molecular flexibility index (Phi) is 5.54. The third kappa shape index (κ3) is 4.16. The Morgan fingerprint density at radius 2 is 1.78 bits per heavy atom. The lowest BCUT2D eigenvalue weighted by molar-refractivity contribution is -0.152. The van der Waals surface area contributed by atoms with E-state index in [0.29, 0.717) is 5.56 Å². The van der Waals surface area contributed by atoms with Crippen molar-refractivity contribution in [3.05, 3.63) is 65.7 Å². The van der Waals surface area contributed by atoms with Gasteiger partial charge in [0, 0.05) is 17.3 Å². The Morgan fingerprint density at radius 3 is 2.52 bits per heavy atom. The second kappa shape index (κ2) is 8.03. The fourth-order valence-corrected chi connectivity index (χ4v) is 3.23. The highest BCUT2D eigenvalue weighted by Crippen LogP contribution is 2.32. The van der Waals surface area contributed by atoms with Gasteiger partial charge in [0.15, 0.2) is 6.10 Å². The molecule has 0 saturated carbocycles. The summed E-state index contributed by atoms with van der Waals surface area (Å²) in [6.45, 7) is 3.22. The largest absolute Gasteiger partial charge is 0.451 e. The van der Waals surface area contributed by atoms with Gasteiger partial charge in [0.1, 0.15) is 6.54 Å². The summed E-state index contributed by atoms with van der Waals surface area (Å²) in [7, 11) is 0. The third-order valence-corrected chi connectivity index (χ3v) is 4.53. The molecule has 27 heavy (non-hydrogen) atoms. The van der Waals surface area contributed by atoms with Gasteiger partial charge in [0.05, 0.1) is 0 Å². The number of ether oxygens (including phenoxy) is 1. The second-order valence-corrected chi connectivity index (χ2v) is 6.57. The summed E-state index contributed by atoms with van der Waals surface area (Å²) >= 11 is 0. The fourth-order valence-electron chi connectivity index (χ4n) is 3.23. The van der Waals surface area contributed by atoms with Crippen LogP contribution < -0.4 is 10.2 Å². The van der Waals surface area contributed by atoms with E-state index in [1.807, 2.05) is 31.2 Å². The summed E-state index contributed by atoms with van der Waals surface area (Å²) in [5, 5.41) is 2.50. The smallest absolute Gasteiger partial charge is 0.326 e. The van der Waals surface area contributed by atoms with Crippen LogP contribution in [0, 0.1) is 0 Å². The lowest BCUT2D eigenvalue weighted by atomic mass is 10.1. The number of rotatable bonds is 5. The fraction of sp³-hybridized carbons (Fsp3) is 0.286. The minimum absolute atomic E-state index is 0.00818. The van der Waals surface area contributed by atoms with E-state index < -0.39 is 12.1 Å². The van der Waals surface area contributed by atoms with E-state index in [2.05, 4.69) is 5.32 Å².